The number of rotatable bonds is 2. The van der Waals surface area contributed by atoms with Gasteiger partial charge in [-0.3, -0.25) is 9.97 Å². The highest BCUT2D eigenvalue weighted by molar-refractivity contribution is 7.03. The van der Waals surface area contributed by atoms with Crippen molar-refractivity contribution >= 4 is 63.3 Å². The molecule has 6 heterocycles. The molecule has 0 saturated carbocycles. The molecule has 0 unspecified atom stereocenters. The van der Waals surface area contributed by atoms with E-state index in [1.54, 1.807) is 0 Å². The normalized spacial score (nSPS) is 16.0. The first-order chi connectivity index (χ1) is 24.8. The smallest absolute Gasteiger partial charge is 0.247 e. The number of hydrogen-bond donors (Lipinski definition) is 0. The van der Waals surface area contributed by atoms with Crippen LogP contribution in [0, 0.1) is 0 Å². The summed E-state index contributed by atoms with van der Waals surface area (Å²) in [5.41, 5.74) is 22.4. The molecule has 0 aliphatic carbocycles. The Morgan fingerprint density at radius 2 is 0.941 bits per heavy atom. The summed E-state index contributed by atoms with van der Waals surface area (Å²) < 4.78 is 0. The zero-order valence-electron chi connectivity index (χ0n) is 29.3. The van der Waals surface area contributed by atoms with E-state index in [9.17, 15) is 0 Å². The largest absolute Gasteiger partial charge is 0.313 e. The Bertz CT molecular complexity index is 2490. The second-order valence-electron chi connectivity index (χ2n) is 15.8. The van der Waals surface area contributed by atoms with Gasteiger partial charge in [0.25, 0.3) is 0 Å². The van der Waals surface area contributed by atoms with E-state index >= 15 is 0 Å². The Labute approximate surface area is 300 Å². The van der Waals surface area contributed by atoms with E-state index in [-0.39, 0.29) is 24.3 Å². The molecule has 4 aliphatic heterocycles. The van der Waals surface area contributed by atoms with Gasteiger partial charge in [-0.15, -0.1) is 0 Å². The number of aromatic nitrogens is 2. The van der Waals surface area contributed by atoms with Gasteiger partial charge in [-0.25, -0.2) is 0 Å². The van der Waals surface area contributed by atoms with E-state index in [4.69, 9.17) is 4.98 Å². The molecule has 240 valence electrons. The minimum absolute atomic E-state index is 0.113. The summed E-state index contributed by atoms with van der Waals surface area (Å²) in [6.45, 7) is 9.84. The minimum Gasteiger partial charge on any atom is -0.313 e. The van der Waals surface area contributed by atoms with Gasteiger partial charge in [0.1, 0.15) is 0 Å². The van der Waals surface area contributed by atoms with E-state index in [0.29, 0.717) is 0 Å². The van der Waals surface area contributed by atoms with Gasteiger partial charge in [0.15, 0.2) is 0 Å². The van der Waals surface area contributed by atoms with Crippen LogP contribution in [0.2, 0.25) is 0 Å². The van der Waals surface area contributed by atoms with Crippen LogP contribution in [0.5, 0.6) is 0 Å². The summed E-state index contributed by atoms with van der Waals surface area (Å²) in [7, 11) is 0. The van der Waals surface area contributed by atoms with Gasteiger partial charge in [0.2, 0.25) is 13.4 Å². The van der Waals surface area contributed by atoms with Crippen LogP contribution in [-0.2, 0) is 10.8 Å². The zero-order valence-corrected chi connectivity index (χ0v) is 29.3. The van der Waals surface area contributed by atoms with Crippen molar-refractivity contribution in [2.24, 2.45) is 0 Å². The molecule has 0 N–H and O–H groups in total. The van der Waals surface area contributed by atoms with E-state index < -0.39 is 0 Å². The molecule has 0 amide bonds. The van der Waals surface area contributed by atoms with Gasteiger partial charge >= 0.3 is 0 Å². The summed E-state index contributed by atoms with van der Waals surface area (Å²) in [6, 6.07) is 43.9. The average Bonchev–Trinajstić information content (AvgIpc) is 3.17. The molecule has 0 bridgehead atoms. The summed E-state index contributed by atoms with van der Waals surface area (Å²) in [5, 5.41) is 0. The van der Waals surface area contributed by atoms with E-state index in [2.05, 4.69) is 153 Å². The van der Waals surface area contributed by atoms with Gasteiger partial charge in [-0.2, -0.15) is 0 Å². The quantitative estimate of drug-likeness (QED) is 0.208. The molecule has 3 nitrogen and oxygen atoms in total. The van der Waals surface area contributed by atoms with Crippen LogP contribution in [0.4, 0.5) is 17.1 Å². The number of pyridine rings is 2. The fourth-order valence-corrected chi connectivity index (χ4v) is 10.3. The molecule has 0 saturated heterocycles. The van der Waals surface area contributed by atoms with Gasteiger partial charge in [0, 0.05) is 63.8 Å². The average molecular weight is 651 g/mol. The zero-order chi connectivity index (χ0) is 34.2. The maximum absolute atomic E-state index is 4.81. The van der Waals surface area contributed by atoms with Crippen LogP contribution < -0.4 is 37.7 Å². The van der Waals surface area contributed by atoms with E-state index in [1.807, 2.05) is 24.8 Å². The van der Waals surface area contributed by atoms with E-state index in [1.165, 1.54) is 77.7 Å². The second kappa shape index (κ2) is 9.98. The Balaban J connectivity index is 1.28. The lowest BCUT2D eigenvalue weighted by Crippen LogP contribution is -2.70. The van der Waals surface area contributed by atoms with Crippen molar-refractivity contribution in [3.8, 4) is 22.3 Å². The molecular formula is C46H35B2N3. The van der Waals surface area contributed by atoms with Crippen LogP contribution in [0.3, 0.4) is 0 Å². The number of fused-ring (bicyclic) bond motifs is 8. The first-order valence-electron chi connectivity index (χ1n) is 18.1. The molecule has 4 aliphatic rings. The standard InChI is InChI=1S/C46H35B2N3/c1-45(2)32-11-5-7-15-36(32)47-38-24-29(31-23-30(26-50-27-31)28-19-21-49-22-20-28)25-39-44(38)51(40-17-9-13-34(45)42(40)47)41-18-10-14-35-43(41)48(39)37-16-8-6-12-33(37)46(35,3)4/h5-27H,1-4H3. The van der Waals surface area contributed by atoms with Crippen molar-refractivity contribution in [1.82, 2.24) is 9.97 Å². The lowest BCUT2D eigenvalue weighted by molar-refractivity contribution is 0.645. The Kier molecular flexibility index (Phi) is 5.69. The predicted octanol–water partition coefficient (Wildman–Crippen LogP) is 6.22. The Morgan fingerprint density at radius 1 is 0.451 bits per heavy atom. The molecule has 0 fully saturated rings. The topological polar surface area (TPSA) is 29.0 Å². The fourth-order valence-electron chi connectivity index (χ4n) is 10.3. The highest BCUT2D eigenvalue weighted by Gasteiger charge is 2.51. The maximum atomic E-state index is 4.81. The van der Waals surface area contributed by atoms with Crippen LogP contribution in [-0.4, -0.2) is 23.4 Å². The number of benzene rings is 5. The molecule has 7 aromatic rings. The monoisotopic (exact) mass is 651 g/mol. The number of hydrogen-bond acceptors (Lipinski definition) is 3. The highest BCUT2D eigenvalue weighted by atomic mass is 15.2. The molecule has 51 heavy (non-hydrogen) atoms. The third-order valence-corrected chi connectivity index (χ3v) is 12.6. The van der Waals surface area contributed by atoms with Gasteiger partial charge in [0.05, 0.1) is 0 Å². The predicted molar refractivity (Wildman–Crippen MR) is 214 cm³/mol. The van der Waals surface area contributed by atoms with Crippen molar-refractivity contribution < 1.29 is 0 Å². The molecule has 0 atom stereocenters. The van der Waals surface area contributed by atoms with Crippen LogP contribution in [0.25, 0.3) is 22.3 Å². The number of nitrogens with zero attached hydrogens (tertiary/aromatic N) is 3. The summed E-state index contributed by atoms with van der Waals surface area (Å²) in [5.74, 6) is 0. The lowest BCUT2D eigenvalue weighted by atomic mass is 9.26. The van der Waals surface area contributed by atoms with Gasteiger partial charge in [-0.1, -0.05) is 124 Å². The number of anilines is 3. The second-order valence-corrected chi connectivity index (χ2v) is 15.8. The van der Waals surface area contributed by atoms with Crippen molar-refractivity contribution in [2.45, 2.75) is 38.5 Å². The molecular weight excluding hydrogens is 616 g/mol. The first kappa shape index (κ1) is 29.1. The third-order valence-electron chi connectivity index (χ3n) is 12.6. The first-order valence-corrected chi connectivity index (χ1v) is 18.1. The van der Waals surface area contributed by atoms with Crippen LogP contribution >= 0.6 is 0 Å². The summed E-state index contributed by atoms with van der Waals surface area (Å²) in [4.78, 5) is 11.7. The summed E-state index contributed by atoms with van der Waals surface area (Å²) in [6.07, 6.45) is 7.71. The Morgan fingerprint density at radius 3 is 1.49 bits per heavy atom. The molecule has 5 heteroatoms. The van der Waals surface area contributed by atoms with Gasteiger partial charge < -0.3 is 4.90 Å². The van der Waals surface area contributed by atoms with Crippen LogP contribution in [0.1, 0.15) is 49.9 Å². The minimum atomic E-state index is -0.130. The molecule has 2 aromatic heterocycles. The maximum Gasteiger partial charge on any atom is 0.247 e. The summed E-state index contributed by atoms with van der Waals surface area (Å²) >= 11 is 0. The molecule has 5 aromatic carbocycles. The fraction of sp³-hybridized carbons (Fsp3) is 0.130. The SMILES string of the molecule is CC1(C)c2ccccc2B2c3cc(-c4cncc(-c5ccncc5)c4)cc4c3N(c3cccc1c32)c1cccc2c1B4c1ccccc1C2(C)C. The van der Waals surface area contributed by atoms with Crippen molar-refractivity contribution in [3.05, 3.63) is 162 Å². The van der Waals surface area contributed by atoms with Crippen molar-refractivity contribution in [3.63, 3.8) is 0 Å². The van der Waals surface area contributed by atoms with Crippen molar-refractivity contribution in [2.75, 3.05) is 4.90 Å². The van der Waals surface area contributed by atoms with Crippen molar-refractivity contribution in [1.29, 1.82) is 0 Å². The van der Waals surface area contributed by atoms with Crippen LogP contribution in [0.15, 0.2) is 140 Å². The highest BCUT2D eigenvalue weighted by Crippen LogP contribution is 2.46. The third kappa shape index (κ3) is 3.71. The molecule has 0 radical (unpaired) electrons. The van der Waals surface area contributed by atoms with Gasteiger partial charge in [-0.05, 0) is 85.6 Å². The molecule has 11 rings (SSSR count). The van der Waals surface area contributed by atoms with E-state index in [0.717, 1.165) is 16.7 Å². The Hall–Kier alpha value is -5.67. The molecule has 0 spiro atoms. The lowest BCUT2D eigenvalue weighted by Gasteiger charge is -2.50.